The molecule has 6 nitrogen and oxygen atoms in total. The SMILES string of the molecule is O=C(CCc1cn(CC2CC2)nn1)c1n[nH]c2ccccc12. The summed E-state index contributed by atoms with van der Waals surface area (Å²) in [7, 11) is 0. The van der Waals surface area contributed by atoms with Crippen molar-refractivity contribution < 1.29 is 4.79 Å². The van der Waals surface area contributed by atoms with Crippen molar-refractivity contribution in [1.29, 1.82) is 0 Å². The molecule has 22 heavy (non-hydrogen) atoms. The highest BCUT2D eigenvalue weighted by atomic mass is 16.1. The van der Waals surface area contributed by atoms with Crippen LogP contribution >= 0.6 is 0 Å². The second-order valence-corrected chi connectivity index (χ2v) is 5.92. The van der Waals surface area contributed by atoms with Gasteiger partial charge in [0.15, 0.2) is 5.78 Å². The normalized spacial score (nSPS) is 14.5. The third-order valence-corrected chi connectivity index (χ3v) is 4.07. The number of hydrogen-bond acceptors (Lipinski definition) is 4. The minimum atomic E-state index is 0.0363. The molecule has 0 spiro atoms. The van der Waals surface area contributed by atoms with Crippen LogP contribution in [0.3, 0.4) is 0 Å². The zero-order valence-corrected chi connectivity index (χ0v) is 12.2. The predicted molar refractivity (Wildman–Crippen MR) is 81.5 cm³/mol. The van der Waals surface area contributed by atoms with E-state index in [4.69, 9.17) is 0 Å². The molecule has 0 bridgehead atoms. The number of H-pyrrole nitrogens is 1. The summed E-state index contributed by atoms with van der Waals surface area (Å²) in [6.45, 7) is 0.949. The number of nitrogens with one attached hydrogen (secondary N) is 1. The summed E-state index contributed by atoms with van der Waals surface area (Å²) in [6, 6.07) is 7.67. The first-order chi connectivity index (χ1) is 10.8. The van der Waals surface area contributed by atoms with E-state index in [-0.39, 0.29) is 5.78 Å². The summed E-state index contributed by atoms with van der Waals surface area (Å²) < 4.78 is 1.89. The molecule has 3 aromatic rings. The number of carbonyl (C=O) groups excluding carboxylic acids is 1. The Hall–Kier alpha value is -2.50. The number of carbonyl (C=O) groups is 1. The first-order valence-corrected chi connectivity index (χ1v) is 7.65. The quantitative estimate of drug-likeness (QED) is 0.708. The number of aromatic nitrogens is 5. The average molecular weight is 295 g/mol. The maximum atomic E-state index is 12.4. The van der Waals surface area contributed by atoms with E-state index < -0.39 is 0 Å². The lowest BCUT2D eigenvalue weighted by Gasteiger charge is -1.97. The average Bonchev–Trinajstić information content (AvgIpc) is 3.07. The molecule has 6 heteroatoms. The largest absolute Gasteiger partial charge is 0.292 e. The zero-order valence-electron chi connectivity index (χ0n) is 12.2. The molecule has 0 unspecified atom stereocenters. The minimum absolute atomic E-state index is 0.0363. The van der Waals surface area contributed by atoms with E-state index >= 15 is 0 Å². The topological polar surface area (TPSA) is 76.5 Å². The van der Waals surface area contributed by atoms with Gasteiger partial charge >= 0.3 is 0 Å². The van der Waals surface area contributed by atoms with Crippen molar-refractivity contribution in [2.45, 2.75) is 32.2 Å². The van der Waals surface area contributed by atoms with Crippen LogP contribution in [0.4, 0.5) is 0 Å². The van der Waals surface area contributed by atoms with Crippen LogP contribution in [-0.4, -0.2) is 31.0 Å². The Balaban J connectivity index is 1.42. The number of Topliss-reactive ketones (excluding diaryl/α,β-unsaturated/α-hetero) is 1. The molecule has 1 aliphatic carbocycles. The smallest absolute Gasteiger partial charge is 0.184 e. The Kier molecular flexibility index (Phi) is 3.21. The summed E-state index contributed by atoms with van der Waals surface area (Å²) >= 11 is 0. The number of para-hydroxylation sites is 1. The molecule has 2 aromatic heterocycles. The molecule has 1 saturated carbocycles. The van der Waals surface area contributed by atoms with Crippen molar-refractivity contribution in [1.82, 2.24) is 25.2 Å². The van der Waals surface area contributed by atoms with Gasteiger partial charge in [-0.15, -0.1) is 5.10 Å². The first-order valence-electron chi connectivity index (χ1n) is 7.65. The lowest BCUT2D eigenvalue weighted by atomic mass is 10.1. The number of fused-ring (bicyclic) bond motifs is 1. The predicted octanol–water partition coefficient (Wildman–Crippen LogP) is 2.38. The number of hydrogen-bond donors (Lipinski definition) is 1. The van der Waals surface area contributed by atoms with Gasteiger partial charge in [0.2, 0.25) is 0 Å². The molecule has 0 saturated heterocycles. The van der Waals surface area contributed by atoms with Crippen LogP contribution in [0.2, 0.25) is 0 Å². The lowest BCUT2D eigenvalue weighted by molar-refractivity contribution is 0.0979. The van der Waals surface area contributed by atoms with Gasteiger partial charge in [-0.1, -0.05) is 23.4 Å². The van der Waals surface area contributed by atoms with Crippen LogP contribution < -0.4 is 0 Å². The van der Waals surface area contributed by atoms with Crippen LogP contribution in [0, 0.1) is 5.92 Å². The molecule has 1 fully saturated rings. The molecular formula is C16H17N5O. The maximum Gasteiger partial charge on any atom is 0.184 e. The molecule has 1 aromatic carbocycles. The van der Waals surface area contributed by atoms with E-state index in [1.54, 1.807) is 0 Å². The van der Waals surface area contributed by atoms with Gasteiger partial charge < -0.3 is 0 Å². The van der Waals surface area contributed by atoms with Gasteiger partial charge in [-0.05, 0) is 24.8 Å². The molecule has 0 aliphatic heterocycles. The summed E-state index contributed by atoms with van der Waals surface area (Å²) in [5, 5.41) is 16.2. The summed E-state index contributed by atoms with van der Waals surface area (Å²) in [6.07, 6.45) is 5.54. The van der Waals surface area contributed by atoms with E-state index in [1.165, 1.54) is 12.8 Å². The van der Waals surface area contributed by atoms with E-state index in [9.17, 15) is 4.79 Å². The number of aromatic amines is 1. The number of benzene rings is 1. The number of rotatable bonds is 6. The van der Waals surface area contributed by atoms with Gasteiger partial charge in [-0.25, -0.2) is 0 Å². The monoisotopic (exact) mass is 295 g/mol. The van der Waals surface area contributed by atoms with Gasteiger partial charge in [-0.3, -0.25) is 14.6 Å². The van der Waals surface area contributed by atoms with Crippen molar-refractivity contribution in [2.75, 3.05) is 0 Å². The van der Waals surface area contributed by atoms with Crippen molar-refractivity contribution >= 4 is 16.7 Å². The van der Waals surface area contributed by atoms with Crippen molar-refractivity contribution in [3.05, 3.63) is 41.9 Å². The van der Waals surface area contributed by atoms with Crippen LogP contribution in [0.15, 0.2) is 30.5 Å². The van der Waals surface area contributed by atoms with Gasteiger partial charge in [0, 0.05) is 31.0 Å². The third-order valence-electron chi connectivity index (χ3n) is 4.07. The molecule has 0 atom stereocenters. The van der Waals surface area contributed by atoms with E-state index in [1.807, 2.05) is 35.1 Å². The Morgan fingerprint density at radius 1 is 1.32 bits per heavy atom. The van der Waals surface area contributed by atoms with Crippen LogP contribution in [0.25, 0.3) is 10.9 Å². The van der Waals surface area contributed by atoms with Gasteiger partial charge in [0.05, 0.1) is 11.2 Å². The van der Waals surface area contributed by atoms with E-state index in [2.05, 4.69) is 20.5 Å². The fourth-order valence-electron chi connectivity index (χ4n) is 2.64. The van der Waals surface area contributed by atoms with Crippen molar-refractivity contribution in [2.24, 2.45) is 5.92 Å². The fourth-order valence-corrected chi connectivity index (χ4v) is 2.64. The van der Waals surface area contributed by atoms with E-state index in [0.717, 1.165) is 29.1 Å². The Bertz CT molecular complexity index is 815. The van der Waals surface area contributed by atoms with E-state index in [0.29, 0.717) is 18.5 Å². The Morgan fingerprint density at radius 3 is 3.05 bits per heavy atom. The molecule has 0 radical (unpaired) electrons. The van der Waals surface area contributed by atoms with Crippen LogP contribution in [0.1, 0.15) is 35.4 Å². The first kappa shape index (κ1) is 13.2. The second-order valence-electron chi connectivity index (χ2n) is 5.92. The third kappa shape index (κ3) is 2.64. The van der Waals surface area contributed by atoms with Gasteiger partial charge in [-0.2, -0.15) is 5.10 Å². The van der Waals surface area contributed by atoms with Crippen molar-refractivity contribution in [3.63, 3.8) is 0 Å². The number of ketones is 1. The Morgan fingerprint density at radius 2 is 2.18 bits per heavy atom. The van der Waals surface area contributed by atoms with Crippen molar-refractivity contribution in [3.8, 4) is 0 Å². The second kappa shape index (κ2) is 5.36. The summed E-state index contributed by atoms with van der Waals surface area (Å²) in [4.78, 5) is 12.4. The molecule has 1 aliphatic rings. The number of nitrogens with zero attached hydrogens (tertiary/aromatic N) is 4. The minimum Gasteiger partial charge on any atom is -0.292 e. The summed E-state index contributed by atoms with van der Waals surface area (Å²) in [5.74, 6) is 0.806. The molecule has 112 valence electrons. The Labute approximate surface area is 127 Å². The standard InChI is InChI=1S/C16H17N5O/c22-15(16-13-3-1-2-4-14(13)18-19-16)8-7-12-10-21(20-17-12)9-11-5-6-11/h1-4,10-11H,5-9H2,(H,18,19). The van der Waals surface area contributed by atoms with Crippen LogP contribution in [0.5, 0.6) is 0 Å². The fraction of sp³-hybridized carbons (Fsp3) is 0.375. The molecule has 4 rings (SSSR count). The maximum absolute atomic E-state index is 12.4. The molecular weight excluding hydrogens is 278 g/mol. The highest BCUT2D eigenvalue weighted by molar-refractivity contribution is 6.05. The number of aryl methyl sites for hydroxylation is 1. The van der Waals surface area contributed by atoms with Gasteiger partial charge in [0.25, 0.3) is 0 Å². The van der Waals surface area contributed by atoms with Crippen LogP contribution in [-0.2, 0) is 13.0 Å². The van der Waals surface area contributed by atoms with Gasteiger partial charge in [0.1, 0.15) is 5.69 Å². The highest BCUT2D eigenvalue weighted by Crippen LogP contribution is 2.30. The zero-order chi connectivity index (χ0) is 14.9. The molecule has 1 N–H and O–H groups in total. The lowest BCUT2D eigenvalue weighted by Crippen LogP contribution is -2.02. The summed E-state index contributed by atoms with van der Waals surface area (Å²) in [5.41, 5.74) is 2.27. The molecule has 2 heterocycles. The molecule has 0 amide bonds. The highest BCUT2D eigenvalue weighted by Gasteiger charge is 2.22.